The average molecular weight is 346 g/mol. The van der Waals surface area contributed by atoms with Gasteiger partial charge in [-0.2, -0.15) is 0 Å². The lowest BCUT2D eigenvalue weighted by molar-refractivity contribution is -0.129. The van der Waals surface area contributed by atoms with E-state index >= 15 is 0 Å². The van der Waals surface area contributed by atoms with Crippen LogP contribution in [0.15, 0.2) is 63.7 Å². The van der Waals surface area contributed by atoms with Crippen molar-refractivity contribution in [3.63, 3.8) is 0 Å². The molecule has 3 nitrogen and oxygen atoms in total. The van der Waals surface area contributed by atoms with E-state index < -0.39 is 11.8 Å². The summed E-state index contributed by atoms with van der Waals surface area (Å²) >= 11 is 3.35. The minimum atomic E-state index is -0.590. The molecule has 0 N–H and O–H groups in total. The summed E-state index contributed by atoms with van der Waals surface area (Å²) in [5.41, 5.74) is 1.12. The van der Waals surface area contributed by atoms with Crippen molar-refractivity contribution in [2.45, 2.75) is 0 Å². The number of aliphatic imine (C=N–C) groups is 1. The minimum absolute atomic E-state index is 0.0145. The molecule has 2 aromatic rings. The average Bonchev–Trinajstić information content (AvgIpc) is 2.80. The summed E-state index contributed by atoms with van der Waals surface area (Å²) in [6.07, 6.45) is 1.60. The maximum Gasteiger partial charge on any atom is 0.363 e. The van der Waals surface area contributed by atoms with Crippen LogP contribution < -0.4 is 0 Å². The monoisotopic (exact) mass is 345 g/mol. The van der Waals surface area contributed by atoms with E-state index in [9.17, 15) is 9.18 Å². The van der Waals surface area contributed by atoms with Crippen LogP contribution in [0.3, 0.4) is 0 Å². The van der Waals surface area contributed by atoms with Gasteiger partial charge in [0.25, 0.3) is 0 Å². The highest BCUT2D eigenvalue weighted by atomic mass is 79.9. The Morgan fingerprint density at radius 1 is 1.14 bits per heavy atom. The third kappa shape index (κ3) is 2.92. The first-order valence-electron chi connectivity index (χ1n) is 6.16. The molecule has 0 saturated heterocycles. The molecule has 104 valence electrons. The zero-order chi connectivity index (χ0) is 14.8. The molecule has 0 atom stereocenters. The number of esters is 1. The number of carbonyl (C=O) groups is 1. The zero-order valence-corrected chi connectivity index (χ0v) is 12.3. The van der Waals surface area contributed by atoms with Gasteiger partial charge in [0.15, 0.2) is 5.70 Å². The summed E-state index contributed by atoms with van der Waals surface area (Å²) < 4.78 is 19.6. The fourth-order valence-electron chi connectivity index (χ4n) is 1.91. The lowest BCUT2D eigenvalue weighted by Gasteiger charge is -1.99. The molecule has 5 heteroatoms. The molecule has 21 heavy (non-hydrogen) atoms. The fourth-order valence-corrected chi connectivity index (χ4v) is 2.33. The molecule has 0 aromatic heterocycles. The first-order valence-corrected chi connectivity index (χ1v) is 6.96. The molecular formula is C16H9BrFNO2. The largest absolute Gasteiger partial charge is 0.402 e. The Labute approximate surface area is 128 Å². The van der Waals surface area contributed by atoms with Crippen LogP contribution in [0, 0.1) is 5.82 Å². The van der Waals surface area contributed by atoms with E-state index in [4.69, 9.17) is 4.74 Å². The number of rotatable bonds is 2. The van der Waals surface area contributed by atoms with Crippen molar-refractivity contribution in [2.24, 2.45) is 4.99 Å². The maximum absolute atomic E-state index is 13.7. The van der Waals surface area contributed by atoms with Gasteiger partial charge in [-0.25, -0.2) is 14.2 Å². The first kappa shape index (κ1) is 13.7. The predicted molar refractivity (Wildman–Crippen MR) is 81.1 cm³/mol. The molecule has 0 amide bonds. The van der Waals surface area contributed by atoms with Crippen molar-refractivity contribution in [3.8, 4) is 0 Å². The molecule has 1 aliphatic heterocycles. The molecule has 0 radical (unpaired) electrons. The van der Waals surface area contributed by atoms with Crippen molar-refractivity contribution < 1.29 is 13.9 Å². The summed E-state index contributed by atoms with van der Waals surface area (Å²) in [6.45, 7) is 0. The second kappa shape index (κ2) is 5.61. The van der Waals surface area contributed by atoms with E-state index in [-0.39, 0.29) is 17.2 Å². The number of carbonyl (C=O) groups excluding carboxylic acids is 1. The van der Waals surface area contributed by atoms with E-state index in [0.29, 0.717) is 0 Å². The highest BCUT2D eigenvalue weighted by Gasteiger charge is 2.25. The second-order valence-electron chi connectivity index (χ2n) is 4.37. The minimum Gasteiger partial charge on any atom is -0.402 e. The molecule has 0 aliphatic carbocycles. The van der Waals surface area contributed by atoms with E-state index in [2.05, 4.69) is 20.9 Å². The van der Waals surface area contributed by atoms with Gasteiger partial charge in [0.1, 0.15) is 5.82 Å². The van der Waals surface area contributed by atoms with Crippen LogP contribution in [-0.4, -0.2) is 11.9 Å². The fraction of sp³-hybridized carbons (Fsp3) is 0. The smallest absolute Gasteiger partial charge is 0.363 e. The molecule has 3 rings (SSSR count). The van der Waals surface area contributed by atoms with Gasteiger partial charge in [0.05, 0.1) is 5.56 Å². The molecular weight excluding hydrogens is 337 g/mol. The van der Waals surface area contributed by atoms with Crippen LogP contribution in [0.2, 0.25) is 0 Å². The van der Waals surface area contributed by atoms with Crippen molar-refractivity contribution in [1.82, 2.24) is 0 Å². The van der Waals surface area contributed by atoms with Gasteiger partial charge in [-0.1, -0.05) is 40.2 Å². The maximum atomic E-state index is 13.7. The number of hydrogen-bond donors (Lipinski definition) is 0. The van der Waals surface area contributed by atoms with E-state index in [1.54, 1.807) is 18.2 Å². The van der Waals surface area contributed by atoms with Crippen molar-refractivity contribution in [2.75, 3.05) is 0 Å². The van der Waals surface area contributed by atoms with Crippen molar-refractivity contribution >= 4 is 33.9 Å². The molecule has 0 bridgehead atoms. The molecule has 0 spiro atoms. The van der Waals surface area contributed by atoms with E-state index in [1.807, 2.05) is 24.3 Å². The predicted octanol–water partition coefficient (Wildman–Crippen LogP) is 3.93. The lowest BCUT2D eigenvalue weighted by Crippen LogP contribution is -2.07. The topological polar surface area (TPSA) is 38.7 Å². The summed E-state index contributed by atoms with van der Waals surface area (Å²) in [7, 11) is 0. The SMILES string of the molecule is O=C1OC(c2ccccc2F)=NC1=Cc1cccc(Br)c1. The highest BCUT2D eigenvalue weighted by Crippen LogP contribution is 2.21. The van der Waals surface area contributed by atoms with Crippen LogP contribution in [-0.2, 0) is 9.53 Å². The van der Waals surface area contributed by atoms with Crippen LogP contribution >= 0.6 is 15.9 Å². The van der Waals surface area contributed by atoms with Crippen LogP contribution in [0.4, 0.5) is 4.39 Å². The van der Waals surface area contributed by atoms with E-state index in [0.717, 1.165) is 10.0 Å². The van der Waals surface area contributed by atoms with Crippen LogP contribution in [0.1, 0.15) is 11.1 Å². The zero-order valence-electron chi connectivity index (χ0n) is 10.7. The third-order valence-corrected chi connectivity index (χ3v) is 3.37. The van der Waals surface area contributed by atoms with Gasteiger partial charge >= 0.3 is 5.97 Å². The molecule has 1 heterocycles. The highest BCUT2D eigenvalue weighted by molar-refractivity contribution is 9.10. The van der Waals surface area contributed by atoms with Crippen molar-refractivity contribution in [3.05, 3.63) is 75.6 Å². The number of cyclic esters (lactones) is 1. The number of nitrogens with zero attached hydrogens (tertiary/aromatic N) is 1. The summed E-state index contributed by atoms with van der Waals surface area (Å²) in [4.78, 5) is 15.9. The molecule has 1 aliphatic rings. The number of hydrogen-bond acceptors (Lipinski definition) is 3. The van der Waals surface area contributed by atoms with Crippen molar-refractivity contribution in [1.29, 1.82) is 0 Å². The summed E-state index contributed by atoms with van der Waals surface area (Å²) in [6, 6.07) is 13.4. The van der Waals surface area contributed by atoms with Gasteiger partial charge in [0, 0.05) is 4.47 Å². The van der Waals surface area contributed by atoms with Gasteiger partial charge in [-0.3, -0.25) is 0 Å². The van der Waals surface area contributed by atoms with Gasteiger partial charge in [0.2, 0.25) is 5.90 Å². The van der Waals surface area contributed by atoms with Gasteiger partial charge in [-0.05, 0) is 35.9 Å². The standard InChI is InChI=1S/C16H9BrFNO2/c17-11-5-3-4-10(8-11)9-14-16(20)21-15(19-14)12-6-1-2-7-13(12)18/h1-9H. The number of ether oxygens (including phenoxy) is 1. The first-order chi connectivity index (χ1) is 10.1. The van der Waals surface area contributed by atoms with Gasteiger partial charge < -0.3 is 4.74 Å². The van der Waals surface area contributed by atoms with Crippen LogP contribution in [0.5, 0.6) is 0 Å². The Bertz CT molecular complexity index is 783. The number of benzene rings is 2. The Balaban J connectivity index is 1.98. The Morgan fingerprint density at radius 2 is 1.95 bits per heavy atom. The molecule has 0 saturated carbocycles. The van der Waals surface area contributed by atoms with Gasteiger partial charge in [-0.15, -0.1) is 0 Å². The summed E-state index contributed by atoms with van der Waals surface area (Å²) in [5.74, 6) is -1.08. The second-order valence-corrected chi connectivity index (χ2v) is 5.29. The quantitative estimate of drug-likeness (QED) is 0.610. The molecule has 2 aromatic carbocycles. The molecule has 0 fully saturated rings. The van der Waals surface area contributed by atoms with E-state index in [1.165, 1.54) is 12.1 Å². The Morgan fingerprint density at radius 3 is 2.71 bits per heavy atom. The Kier molecular flexibility index (Phi) is 3.66. The number of halogens is 2. The summed E-state index contributed by atoms with van der Waals surface area (Å²) in [5, 5.41) is 0. The Hall–Kier alpha value is -2.27. The third-order valence-electron chi connectivity index (χ3n) is 2.88. The lowest BCUT2D eigenvalue weighted by atomic mass is 10.2. The molecule has 0 unspecified atom stereocenters. The van der Waals surface area contributed by atoms with Crippen LogP contribution in [0.25, 0.3) is 6.08 Å². The normalized spacial score (nSPS) is 16.0.